The largest absolute Gasteiger partial charge is 0.356 e. The number of nitrogens with two attached hydrogens (primary N) is 1. The van der Waals surface area contributed by atoms with Gasteiger partial charge in [-0.15, -0.1) is 0 Å². The SMILES string of the molecule is CC(=O)NCC1CCN(C(=O)C(C)C(C)N)CC1. The van der Waals surface area contributed by atoms with E-state index in [0.717, 1.165) is 32.5 Å². The maximum atomic E-state index is 12.1. The van der Waals surface area contributed by atoms with Crippen LogP contribution in [0.1, 0.15) is 33.6 Å². The summed E-state index contributed by atoms with van der Waals surface area (Å²) < 4.78 is 0. The minimum absolute atomic E-state index is 0.0130. The van der Waals surface area contributed by atoms with Crippen LogP contribution in [0.15, 0.2) is 0 Å². The standard InChI is InChI=1S/C13H25N3O2/c1-9(10(2)14)13(18)16-6-4-12(5-7-16)8-15-11(3)17/h9-10,12H,4-8,14H2,1-3H3,(H,15,17). The number of hydrogen-bond acceptors (Lipinski definition) is 3. The summed E-state index contributed by atoms with van der Waals surface area (Å²) in [5, 5.41) is 2.84. The van der Waals surface area contributed by atoms with Crippen LogP contribution in [0, 0.1) is 11.8 Å². The number of carbonyl (C=O) groups excluding carboxylic acids is 2. The normalized spacial score (nSPS) is 20.3. The van der Waals surface area contributed by atoms with Gasteiger partial charge >= 0.3 is 0 Å². The zero-order valence-corrected chi connectivity index (χ0v) is 11.6. The molecule has 18 heavy (non-hydrogen) atoms. The van der Waals surface area contributed by atoms with Crippen LogP contribution >= 0.6 is 0 Å². The molecule has 1 aliphatic heterocycles. The van der Waals surface area contributed by atoms with Gasteiger partial charge in [0, 0.05) is 32.6 Å². The molecule has 3 N–H and O–H groups in total. The van der Waals surface area contributed by atoms with E-state index in [2.05, 4.69) is 5.32 Å². The Kier molecular flexibility index (Phi) is 5.59. The summed E-state index contributed by atoms with van der Waals surface area (Å²) >= 11 is 0. The first kappa shape index (κ1) is 15.0. The highest BCUT2D eigenvalue weighted by atomic mass is 16.2. The molecule has 0 aromatic rings. The van der Waals surface area contributed by atoms with E-state index in [1.54, 1.807) is 0 Å². The molecule has 0 aliphatic carbocycles. The minimum atomic E-state index is -0.114. The van der Waals surface area contributed by atoms with Gasteiger partial charge in [-0.2, -0.15) is 0 Å². The Labute approximate surface area is 109 Å². The Morgan fingerprint density at radius 1 is 1.33 bits per heavy atom. The zero-order valence-electron chi connectivity index (χ0n) is 11.6. The second-order valence-electron chi connectivity index (χ2n) is 5.35. The molecule has 1 aliphatic rings. The van der Waals surface area contributed by atoms with Crippen LogP contribution < -0.4 is 11.1 Å². The smallest absolute Gasteiger partial charge is 0.226 e. The van der Waals surface area contributed by atoms with E-state index < -0.39 is 0 Å². The molecule has 104 valence electrons. The molecule has 2 unspecified atom stereocenters. The number of rotatable bonds is 4. The molecular weight excluding hydrogens is 230 g/mol. The number of nitrogens with zero attached hydrogens (tertiary/aromatic N) is 1. The quantitative estimate of drug-likeness (QED) is 0.761. The molecule has 1 saturated heterocycles. The van der Waals surface area contributed by atoms with Gasteiger partial charge in [0.15, 0.2) is 0 Å². The fraction of sp³-hybridized carbons (Fsp3) is 0.846. The molecular formula is C13H25N3O2. The van der Waals surface area contributed by atoms with Crippen molar-refractivity contribution in [2.24, 2.45) is 17.6 Å². The van der Waals surface area contributed by atoms with Crippen molar-refractivity contribution in [3.8, 4) is 0 Å². The average Bonchev–Trinajstić information content (AvgIpc) is 2.35. The number of hydrogen-bond donors (Lipinski definition) is 2. The van der Waals surface area contributed by atoms with Gasteiger partial charge in [0.05, 0.1) is 5.92 Å². The molecule has 0 saturated carbocycles. The van der Waals surface area contributed by atoms with E-state index in [1.165, 1.54) is 6.92 Å². The first-order valence-corrected chi connectivity index (χ1v) is 6.70. The van der Waals surface area contributed by atoms with Crippen LogP contribution in [-0.2, 0) is 9.59 Å². The number of likely N-dealkylation sites (tertiary alicyclic amines) is 1. The molecule has 0 spiro atoms. The van der Waals surface area contributed by atoms with Gasteiger partial charge in [-0.05, 0) is 25.7 Å². The number of piperidine rings is 1. The fourth-order valence-electron chi connectivity index (χ4n) is 2.16. The predicted molar refractivity (Wildman–Crippen MR) is 70.8 cm³/mol. The van der Waals surface area contributed by atoms with Crippen molar-refractivity contribution in [1.82, 2.24) is 10.2 Å². The van der Waals surface area contributed by atoms with Crippen molar-refractivity contribution in [3.63, 3.8) is 0 Å². The second kappa shape index (κ2) is 6.73. The van der Waals surface area contributed by atoms with E-state index in [1.807, 2.05) is 18.7 Å². The lowest BCUT2D eigenvalue weighted by atomic mass is 9.94. The highest BCUT2D eigenvalue weighted by Gasteiger charge is 2.27. The molecule has 0 radical (unpaired) electrons. The van der Waals surface area contributed by atoms with Gasteiger partial charge in [-0.1, -0.05) is 6.92 Å². The van der Waals surface area contributed by atoms with Gasteiger partial charge in [0.1, 0.15) is 0 Å². The summed E-state index contributed by atoms with van der Waals surface area (Å²) in [7, 11) is 0. The lowest BCUT2D eigenvalue weighted by molar-refractivity contribution is -0.137. The highest BCUT2D eigenvalue weighted by molar-refractivity contribution is 5.79. The first-order valence-electron chi connectivity index (χ1n) is 6.70. The van der Waals surface area contributed by atoms with E-state index in [9.17, 15) is 9.59 Å². The third-order valence-electron chi connectivity index (χ3n) is 3.74. The van der Waals surface area contributed by atoms with Gasteiger partial charge in [-0.25, -0.2) is 0 Å². The predicted octanol–water partition coefficient (Wildman–Crippen LogP) is 0.344. The maximum absolute atomic E-state index is 12.1. The Morgan fingerprint density at radius 2 is 1.89 bits per heavy atom. The second-order valence-corrected chi connectivity index (χ2v) is 5.35. The van der Waals surface area contributed by atoms with Crippen molar-refractivity contribution in [3.05, 3.63) is 0 Å². The summed E-state index contributed by atoms with van der Waals surface area (Å²) in [6, 6.07) is -0.102. The van der Waals surface area contributed by atoms with Crippen molar-refractivity contribution in [1.29, 1.82) is 0 Å². The Hall–Kier alpha value is -1.10. The summed E-state index contributed by atoms with van der Waals surface area (Å²) in [4.78, 5) is 24.8. The lowest BCUT2D eigenvalue weighted by Crippen LogP contribution is -2.46. The third kappa shape index (κ3) is 4.29. The Bertz CT molecular complexity index is 297. The summed E-state index contributed by atoms with van der Waals surface area (Å²) in [5.74, 6) is 0.544. The Morgan fingerprint density at radius 3 is 2.33 bits per heavy atom. The number of nitrogens with one attached hydrogen (secondary N) is 1. The molecule has 0 bridgehead atoms. The highest BCUT2D eigenvalue weighted by Crippen LogP contribution is 2.18. The molecule has 5 heteroatoms. The van der Waals surface area contributed by atoms with Crippen LogP contribution in [-0.4, -0.2) is 42.4 Å². The van der Waals surface area contributed by atoms with Gasteiger partial charge < -0.3 is 16.0 Å². The molecule has 5 nitrogen and oxygen atoms in total. The van der Waals surface area contributed by atoms with Crippen molar-refractivity contribution in [2.75, 3.05) is 19.6 Å². The van der Waals surface area contributed by atoms with Crippen molar-refractivity contribution < 1.29 is 9.59 Å². The number of amides is 2. The van der Waals surface area contributed by atoms with Gasteiger partial charge in [-0.3, -0.25) is 9.59 Å². The van der Waals surface area contributed by atoms with Crippen LogP contribution in [0.25, 0.3) is 0 Å². The topological polar surface area (TPSA) is 75.4 Å². The molecule has 2 amide bonds. The van der Waals surface area contributed by atoms with Gasteiger partial charge in [0.25, 0.3) is 0 Å². The van der Waals surface area contributed by atoms with Gasteiger partial charge in [0.2, 0.25) is 11.8 Å². The Balaban J connectivity index is 2.35. The van der Waals surface area contributed by atoms with Crippen LogP contribution in [0.3, 0.4) is 0 Å². The minimum Gasteiger partial charge on any atom is -0.356 e. The van der Waals surface area contributed by atoms with E-state index in [0.29, 0.717) is 5.92 Å². The van der Waals surface area contributed by atoms with Crippen LogP contribution in [0.4, 0.5) is 0 Å². The van der Waals surface area contributed by atoms with Crippen molar-refractivity contribution in [2.45, 2.75) is 39.7 Å². The molecule has 1 rings (SSSR count). The average molecular weight is 255 g/mol. The first-order chi connectivity index (χ1) is 8.41. The summed E-state index contributed by atoms with van der Waals surface area (Å²) in [5.41, 5.74) is 5.76. The van der Waals surface area contributed by atoms with Crippen LogP contribution in [0.2, 0.25) is 0 Å². The summed E-state index contributed by atoms with van der Waals surface area (Å²) in [6.07, 6.45) is 1.91. The zero-order chi connectivity index (χ0) is 13.7. The fourth-order valence-corrected chi connectivity index (χ4v) is 2.16. The number of carbonyl (C=O) groups is 2. The monoisotopic (exact) mass is 255 g/mol. The summed E-state index contributed by atoms with van der Waals surface area (Å²) in [6.45, 7) is 7.56. The molecule has 0 aromatic carbocycles. The van der Waals surface area contributed by atoms with E-state index in [-0.39, 0.29) is 23.8 Å². The molecule has 1 heterocycles. The van der Waals surface area contributed by atoms with Crippen LogP contribution in [0.5, 0.6) is 0 Å². The maximum Gasteiger partial charge on any atom is 0.226 e. The van der Waals surface area contributed by atoms with E-state index in [4.69, 9.17) is 5.73 Å². The third-order valence-corrected chi connectivity index (χ3v) is 3.74. The molecule has 1 fully saturated rings. The van der Waals surface area contributed by atoms with E-state index >= 15 is 0 Å². The molecule has 2 atom stereocenters. The lowest BCUT2D eigenvalue weighted by Gasteiger charge is -2.34. The van der Waals surface area contributed by atoms with Crippen molar-refractivity contribution >= 4 is 11.8 Å². The molecule has 0 aromatic heterocycles.